The maximum absolute atomic E-state index is 14.3. The number of halogens is 1. The van der Waals surface area contributed by atoms with Crippen LogP contribution in [-0.2, 0) is 46.3 Å². The molecule has 322 valence electrons. The molecular weight excluding hydrogens is 869 g/mol. The summed E-state index contributed by atoms with van der Waals surface area (Å²) in [6.07, 6.45) is -0.0658. The fourth-order valence-corrected chi connectivity index (χ4v) is 7.15. The zero-order valence-corrected chi connectivity index (χ0v) is 36.9. The van der Waals surface area contributed by atoms with Gasteiger partial charge in [0.25, 0.3) is 0 Å². The first-order valence-electron chi connectivity index (χ1n) is 20.1. The highest BCUT2D eigenvalue weighted by Crippen LogP contribution is 2.25. The van der Waals surface area contributed by atoms with Crippen molar-refractivity contribution in [2.75, 3.05) is 43.9 Å². The molecule has 1 fully saturated rings. The summed E-state index contributed by atoms with van der Waals surface area (Å²) in [7, 11) is 0. The molecule has 0 spiro atoms. The van der Waals surface area contributed by atoms with Crippen LogP contribution in [0, 0.1) is 29.1 Å². The molecule has 4 amide bonds. The molecule has 0 radical (unpaired) electrons. The van der Waals surface area contributed by atoms with Crippen LogP contribution in [0.5, 0.6) is 0 Å². The second-order valence-corrected chi connectivity index (χ2v) is 16.6. The van der Waals surface area contributed by atoms with E-state index in [4.69, 9.17) is 9.84 Å². The highest BCUT2D eigenvalue weighted by atomic mass is 127. The van der Waals surface area contributed by atoms with E-state index in [1.807, 2.05) is 116 Å². The number of carbonyl (C=O) groups is 6. The second-order valence-electron chi connectivity index (χ2n) is 15.9. The van der Waals surface area contributed by atoms with Crippen LogP contribution in [0.1, 0.15) is 65.0 Å². The molecule has 0 saturated carbocycles. The molecule has 59 heavy (non-hydrogen) atoms. The topological polar surface area (TPSA) is 192 Å². The molecule has 15 heteroatoms. The Morgan fingerprint density at radius 1 is 0.780 bits per heavy atom. The average Bonchev–Trinajstić information content (AvgIpc) is 3.20. The molecular formula is C44H60IN5O9. The quantitative estimate of drug-likeness (QED) is 0.0501. The normalized spacial score (nSPS) is 15.9. The maximum atomic E-state index is 14.3. The molecule has 0 unspecified atom stereocenters. The van der Waals surface area contributed by atoms with Gasteiger partial charge in [0.1, 0.15) is 18.1 Å². The smallest absolute Gasteiger partial charge is 0.450 e. The van der Waals surface area contributed by atoms with E-state index in [-0.39, 0.29) is 60.2 Å². The largest absolute Gasteiger partial charge is 0.506 e. The van der Waals surface area contributed by atoms with Gasteiger partial charge in [-0.05, 0) is 55.6 Å². The first kappa shape index (κ1) is 48.8. The minimum Gasteiger partial charge on any atom is -0.450 e. The van der Waals surface area contributed by atoms with Gasteiger partial charge in [0, 0.05) is 23.9 Å². The van der Waals surface area contributed by atoms with Crippen LogP contribution in [0.25, 0.3) is 0 Å². The number of carboxylic acid groups (broad SMARTS) is 1. The lowest BCUT2D eigenvalue weighted by Crippen LogP contribution is -2.59. The summed E-state index contributed by atoms with van der Waals surface area (Å²) in [5.41, 5.74) is 0.509. The summed E-state index contributed by atoms with van der Waals surface area (Å²) in [5, 5.41) is 20.4. The number of morpholine rings is 1. The Kier molecular flexibility index (Phi) is 20.8. The van der Waals surface area contributed by atoms with Crippen molar-refractivity contribution in [2.24, 2.45) is 17.3 Å². The summed E-state index contributed by atoms with van der Waals surface area (Å²) < 4.78 is 10.2. The molecule has 1 heterocycles. The molecule has 5 atom stereocenters. The number of Topliss-reactive ketones (excluding diaryl/α,β-unsaturated/α-hetero) is 1. The predicted molar refractivity (Wildman–Crippen MR) is 233 cm³/mol. The van der Waals surface area contributed by atoms with E-state index in [0.29, 0.717) is 32.7 Å². The van der Waals surface area contributed by atoms with Crippen molar-refractivity contribution in [3.63, 3.8) is 0 Å². The fourth-order valence-electron chi connectivity index (χ4n) is 6.58. The third-order valence-electron chi connectivity index (χ3n) is 9.73. The fraction of sp³-hybridized carbons (Fsp3) is 0.545. The lowest BCUT2D eigenvalue weighted by molar-refractivity contribution is -0.135. The van der Waals surface area contributed by atoms with Crippen molar-refractivity contribution in [2.45, 2.75) is 90.9 Å². The Morgan fingerprint density at radius 2 is 1.31 bits per heavy atom. The molecule has 2 aromatic carbocycles. The van der Waals surface area contributed by atoms with Crippen molar-refractivity contribution in [1.29, 1.82) is 0 Å². The molecule has 3 rings (SSSR count). The zero-order chi connectivity index (χ0) is 43.4. The highest BCUT2D eigenvalue weighted by Gasteiger charge is 2.38. The molecule has 0 bridgehead atoms. The van der Waals surface area contributed by atoms with E-state index in [0.717, 1.165) is 11.1 Å². The van der Waals surface area contributed by atoms with Crippen molar-refractivity contribution >= 4 is 58.2 Å². The number of hydrogen-bond acceptors (Lipinski definition) is 9. The van der Waals surface area contributed by atoms with Gasteiger partial charge in [-0.1, -0.05) is 123 Å². The molecule has 14 nitrogen and oxygen atoms in total. The number of alkyl halides is 1. The van der Waals surface area contributed by atoms with Gasteiger partial charge in [0.15, 0.2) is 12.4 Å². The maximum Gasteiger partial charge on any atom is 0.506 e. The number of ketones is 1. The minimum atomic E-state index is -1.48. The van der Waals surface area contributed by atoms with Crippen LogP contribution in [0.4, 0.5) is 4.79 Å². The molecule has 0 aliphatic carbocycles. The van der Waals surface area contributed by atoms with E-state index in [1.165, 1.54) is 0 Å². The van der Waals surface area contributed by atoms with Crippen LogP contribution in [0.15, 0.2) is 60.7 Å². The van der Waals surface area contributed by atoms with Gasteiger partial charge in [-0.25, -0.2) is 4.79 Å². The standard InChI is InChI=1S/C44H60IN5O9/c1-30(2)25-35(39(52)44(5,29-45)19-12-22-59-43(56)57)47-42(55)37(27-33-15-10-7-11-16-33)49-41(54)36(26-31(3)4)48-40(53)34(18-17-32-13-8-6-9-14-32)46-38(51)28-50-20-23-58-24-21-50/h6-11,13-16,30-31,34-37H,17-18,20-29H2,1-5H3,(H,46,51)(H,47,55)(H,48,53)(H,49,54)(H,56,57)/t34-,35-,36-,37-,44+/m0/s1. The van der Waals surface area contributed by atoms with Crippen molar-refractivity contribution < 1.29 is 43.3 Å². The number of ether oxygens (including phenoxy) is 2. The van der Waals surface area contributed by atoms with Gasteiger partial charge >= 0.3 is 6.16 Å². The third kappa shape index (κ3) is 17.7. The number of nitrogens with zero attached hydrogens (tertiary/aromatic N) is 1. The van der Waals surface area contributed by atoms with Crippen LogP contribution in [-0.4, -0.2) is 114 Å². The Hall–Kier alpha value is -4.53. The average molecular weight is 930 g/mol. The van der Waals surface area contributed by atoms with E-state index >= 15 is 0 Å². The summed E-state index contributed by atoms with van der Waals surface area (Å²) in [6.45, 7) is 11.2. The van der Waals surface area contributed by atoms with E-state index in [2.05, 4.69) is 37.8 Å². The van der Waals surface area contributed by atoms with Gasteiger partial charge in [0.2, 0.25) is 23.6 Å². The summed E-state index contributed by atoms with van der Waals surface area (Å²) in [5.74, 6) is 3.05. The number of rotatable bonds is 22. The first-order valence-corrected chi connectivity index (χ1v) is 21.7. The number of carbonyl (C=O) groups excluding carboxylic acids is 5. The predicted octanol–water partition coefficient (Wildman–Crippen LogP) is 3.93. The Labute approximate surface area is 361 Å². The van der Waals surface area contributed by atoms with Gasteiger partial charge in [-0.15, -0.1) is 0 Å². The summed E-state index contributed by atoms with van der Waals surface area (Å²) in [6, 6.07) is 14.6. The van der Waals surface area contributed by atoms with Crippen molar-refractivity contribution in [3.8, 4) is 11.8 Å². The van der Waals surface area contributed by atoms with Gasteiger partial charge in [-0.3, -0.25) is 28.9 Å². The lowest BCUT2D eigenvalue weighted by atomic mass is 9.82. The van der Waals surface area contributed by atoms with E-state index in [1.54, 1.807) is 6.92 Å². The number of hydrogen-bond donors (Lipinski definition) is 5. The molecule has 1 saturated heterocycles. The monoisotopic (exact) mass is 929 g/mol. The van der Waals surface area contributed by atoms with Crippen molar-refractivity contribution in [1.82, 2.24) is 26.2 Å². The summed E-state index contributed by atoms with van der Waals surface area (Å²) in [4.78, 5) is 82.7. The van der Waals surface area contributed by atoms with Gasteiger partial charge < -0.3 is 35.8 Å². The van der Waals surface area contributed by atoms with Gasteiger partial charge in [-0.2, -0.15) is 0 Å². The van der Waals surface area contributed by atoms with Gasteiger partial charge in [0.05, 0.1) is 31.2 Å². The SMILES string of the molecule is CC(C)C[C@H](NC(=O)[C@H](CCc1ccccc1)NC(=O)CN1CCOCC1)C(=O)N[C@@H](Cc1ccccc1)C(=O)N[C@@H](CC(C)C)C(=O)[C@](C)(C#CCOC(=O)O)CI. The summed E-state index contributed by atoms with van der Waals surface area (Å²) >= 11 is 2.03. The zero-order valence-electron chi connectivity index (χ0n) is 34.8. The molecule has 0 aromatic heterocycles. The first-order chi connectivity index (χ1) is 28.1. The van der Waals surface area contributed by atoms with Crippen LogP contribution < -0.4 is 21.3 Å². The highest BCUT2D eigenvalue weighted by molar-refractivity contribution is 14.1. The molecule has 5 N–H and O–H groups in total. The molecule has 2 aromatic rings. The van der Waals surface area contributed by atoms with Crippen LogP contribution in [0.2, 0.25) is 0 Å². The second kappa shape index (κ2) is 25.2. The van der Waals surface area contributed by atoms with Crippen molar-refractivity contribution in [3.05, 3.63) is 71.8 Å². The number of nitrogens with one attached hydrogen (secondary N) is 4. The van der Waals surface area contributed by atoms with E-state index in [9.17, 15) is 28.8 Å². The Bertz CT molecular complexity index is 1740. The van der Waals surface area contributed by atoms with Crippen LogP contribution >= 0.6 is 22.6 Å². The van der Waals surface area contributed by atoms with Crippen LogP contribution in [0.3, 0.4) is 0 Å². The third-order valence-corrected chi connectivity index (χ3v) is 11.3. The number of amides is 4. The number of benzene rings is 2. The lowest BCUT2D eigenvalue weighted by Gasteiger charge is -2.30. The Balaban J connectivity index is 1.87. The molecule has 1 aliphatic rings. The Morgan fingerprint density at radius 3 is 1.88 bits per heavy atom. The van der Waals surface area contributed by atoms with E-state index < -0.39 is 60.1 Å². The molecule has 1 aliphatic heterocycles. The number of aryl methyl sites for hydroxylation is 1. The minimum absolute atomic E-state index is 0.0111.